The molecule has 1 aromatic rings. The van der Waals surface area contributed by atoms with Crippen LogP contribution in [0.15, 0.2) is 24.3 Å². The molecule has 13 heavy (non-hydrogen) atoms. The molecule has 1 aromatic carbocycles. The van der Waals surface area contributed by atoms with Crippen LogP contribution in [0.5, 0.6) is 0 Å². The molecule has 1 N–H and O–H groups in total. The minimum Gasteiger partial charge on any atom is -0.313 e. The van der Waals surface area contributed by atoms with Gasteiger partial charge in [0.05, 0.1) is 0 Å². The lowest BCUT2D eigenvalue weighted by molar-refractivity contribution is 0.443. The molecule has 0 aliphatic heterocycles. The van der Waals surface area contributed by atoms with E-state index in [1.165, 1.54) is 5.56 Å². The minimum atomic E-state index is 0.414. The molecule has 0 bridgehead atoms. The van der Waals surface area contributed by atoms with Crippen LogP contribution in [0.2, 0.25) is 5.02 Å². The summed E-state index contributed by atoms with van der Waals surface area (Å²) in [6.07, 6.45) is 0. The molecule has 1 nitrogen and oxygen atoms in total. The van der Waals surface area contributed by atoms with E-state index in [-0.39, 0.29) is 0 Å². The Morgan fingerprint density at radius 2 is 1.69 bits per heavy atom. The topological polar surface area (TPSA) is 12.0 Å². The zero-order chi connectivity index (χ0) is 9.84. The summed E-state index contributed by atoms with van der Waals surface area (Å²) in [5.41, 5.74) is 1.29. The average Bonchev–Trinajstić information content (AvgIpc) is 2.09. The molecule has 0 saturated carbocycles. The molecule has 0 unspecified atom stereocenters. The Bertz CT molecular complexity index is 253. The van der Waals surface area contributed by atoms with Crippen LogP contribution in [0.25, 0.3) is 0 Å². The summed E-state index contributed by atoms with van der Waals surface area (Å²) < 4.78 is 0. The number of hydrogen-bond donors (Lipinski definition) is 1. The van der Waals surface area contributed by atoms with E-state index >= 15 is 0 Å². The van der Waals surface area contributed by atoms with Crippen LogP contribution >= 0.6 is 11.6 Å². The number of hydrogen-bond acceptors (Lipinski definition) is 1. The smallest absolute Gasteiger partial charge is 0.0406 e. The van der Waals surface area contributed by atoms with Crippen molar-refractivity contribution in [2.24, 2.45) is 5.92 Å². The van der Waals surface area contributed by atoms with Gasteiger partial charge in [0.1, 0.15) is 0 Å². The number of benzene rings is 1. The quantitative estimate of drug-likeness (QED) is 0.785. The van der Waals surface area contributed by atoms with Crippen molar-refractivity contribution < 1.29 is 0 Å². The maximum Gasteiger partial charge on any atom is 0.0406 e. The highest BCUT2D eigenvalue weighted by molar-refractivity contribution is 6.30. The van der Waals surface area contributed by atoms with Crippen molar-refractivity contribution in [3.8, 4) is 0 Å². The summed E-state index contributed by atoms with van der Waals surface area (Å²) in [5.74, 6) is 0.589. The van der Waals surface area contributed by atoms with Gasteiger partial charge in [0.2, 0.25) is 0 Å². The molecule has 0 spiro atoms. The summed E-state index contributed by atoms with van der Waals surface area (Å²) >= 11 is 5.82. The molecule has 72 valence electrons. The maximum atomic E-state index is 5.82. The lowest BCUT2D eigenvalue weighted by atomic mass is 9.96. The fourth-order valence-electron chi connectivity index (χ4n) is 1.56. The fourth-order valence-corrected chi connectivity index (χ4v) is 1.68. The third kappa shape index (κ3) is 2.71. The third-order valence-electron chi connectivity index (χ3n) is 2.21. The lowest BCUT2D eigenvalue weighted by Gasteiger charge is -2.20. The van der Waals surface area contributed by atoms with E-state index in [0.29, 0.717) is 12.0 Å². The van der Waals surface area contributed by atoms with Gasteiger partial charge in [0.15, 0.2) is 0 Å². The molecule has 0 aromatic heterocycles. The molecular weight excluding hydrogens is 182 g/mol. The molecule has 0 saturated heterocycles. The summed E-state index contributed by atoms with van der Waals surface area (Å²) in [5, 5.41) is 4.09. The van der Waals surface area contributed by atoms with Crippen LogP contribution in [-0.2, 0) is 0 Å². The molecule has 0 fully saturated rings. The third-order valence-corrected chi connectivity index (χ3v) is 2.46. The van der Waals surface area contributed by atoms with Crippen molar-refractivity contribution >= 4 is 11.6 Å². The molecule has 0 aliphatic rings. The Morgan fingerprint density at radius 1 is 1.15 bits per heavy atom. The van der Waals surface area contributed by atoms with Crippen LogP contribution in [-0.4, -0.2) is 7.05 Å². The van der Waals surface area contributed by atoms with Crippen molar-refractivity contribution in [3.63, 3.8) is 0 Å². The Morgan fingerprint density at radius 3 is 2.08 bits per heavy atom. The summed E-state index contributed by atoms with van der Waals surface area (Å²) in [4.78, 5) is 0. The van der Waals surface area contributed by atoms with Gasteiger partial charge in [-0.15, -0.1) is 0 Å². The Labute approximate surface area is 85.1 Å². The number of nitrogens with one attached hydrogen (secondary N) is 1. The summed E-state index contributed by atoms with van der Waals surface area (Å²) in [6, 6.07) is 8.43. The number of rotatable bonds is 3. The van der Waals surface area contributed by atoms with Crippen molar-refractivity contribution in [2.45, 2.75) is 19.9 Å². The van der Waals surface area contributed by atoms with Gasteiger partial charge >= 0.3 is 0 Å². The minimum absolute atomic E-state index is 0.414. The molecular formula is C11H16ClN. The van der Waals surface area contributed by atoms with Gasteiger partial charge < -0.3 is 5.32 Å². The zero-order valence-electron chi connectivity index (χ0n) is 8.34. The van der Waals surface area contributed by atoms with Crippen LogP contribution in [0.3, 0.4) is 0 Å². The predicted octanol–water partition coefficient (Wildman–Crippen LogP) is 3.26. The normalized spacial score (nSPS) is 13.3. The highest BCUT2D eigenvalue weighted by Gasteiger charge is 2.12. The van der Waals surface area contributed by atoms with Gasteiger partial charge in [-0.1, -0.05) is 37.6 Å². The molecule has 0 radical (unpaired) electrons. The molecule has 2 heteroatoms. The largest absolute Gasteiger partial charge is 0.313 e. The SMILES string of the molecule is CN[C@@H](c1ccc(Cl)cc1)C(C)C. The lowest BCUT2D eigenvalue weighted by Crippen LogP contribution is -2.21. The molecule has 1 atom stereocenters. The first-order valence-corrected chi connectivity index (χ1v) is 4.95. The van der Waals surface area contributed by atoms with Crippen molar-refractivity contribution in [2.75, 3.05) is 7.05 Å². The second-order valence-corrected chi connectivity index (χ2v) is 4.00. The van der Waals surface area contributed by atoms with Gasteiger partial charge in [0.25, 0.3) is 0 Å². The number of halogens is 1. The summed E-state index contributed by atoms with van der Waals surface area (Å²) in [6.45, 7) is 4.41. The first-order valence-electron chi connectivity index (χ1n) is 4.58. The van der Waals surface area contributed by atoms with E-state index in [2.05, 4.69) is 31.3 Å². The zero-order valence-corrected chi connectivity index (χ0v) is 9.10. The van der Waals surface area contributed by atoms with Crippen LogP contribution in [0.1, 0.15) is 25.5 Å². The van der Waals surface area contributed by atoms with Crippen molar-refractivity contribution in [1.29, 1.82) is 0 Å². The highest BCUT2D eigenvalue weighted by atomic mass is 35.5. The Balaban J connectivity index is 2.86. The molecule has 1 rings (SSSR count). The van der Waals surface area contributed by atoms with Gasteiger partial charge in [-0.2, -0.15) is 0 Å². The maximum absolute atomic E-state index is 5.82. The average molecular weight is 198 g/mol. The van der Waals surface area contributed by atoms with Crippen LogP contribution in [0, 0.1) is 5.92 Å². The van der Waals surface area contributed by atoms with Gasteiger partial charge in [-0.05, 0) is 30.7 Å². The molecule has 0 aliphatic carbocycles. The second kappa shape index (κ2) is 4.64. The second-order valence-electron chi connectivity index (χ2n) is 3.56. The molecule has 0 amide bonds. The first kappa shape index (κ1) is 10.6. The van der Waals surface area contributed by atoms with E-state index in [4.69, 9.17) is 11.6 Å². The van der Waals surface area contributed by atoms with E-state index < -0.39 is 0 Å². The van der Waals surface area contributed by atoms with E-state index in [9.17, 15) is 0 Å². The van der Waals surface area contributed by atoms with E-state index in [0.717, 1.165) is 5.02 Å². The standard InChI is InChI=1S/C11H16ClN/c1-8(2)11(13-3)9-4-6-10(12)7-5-9/h4-8,11,13H,1-3H3/t11-/m1/s1. The predicted molar refractivity (Wildman–Crippen MR) is 58.1 cm³/mol. The van der Waals surface area contributed by atoms with E-state index in [1.807, 2.05) is 19.2 Å². The molecule has 0 heterocycles. The van der Waals surface area contributed by atoms with Gasteiger partial charge in [-0.3, -0.25) is 0 Å². The highest BCUT2D eigenvalue weighted by Crippen LogP contribution is 2.22. The van der Waals surface area contributed by atoms with Gasteiger partial charge in [-0.25, -0.2) is 0 Å². The van der Waals surface area contributed by atoms with Crippen molar-refractivity contribution in [1.82, 2.24) is 5.32 Å². The monoisotopic (exact) mass is 197 g/mol. The van der Waals surface area contributed by atoms with Crippen molar-refractivity contribution in [3.05, 3.63) is 34.9 Å². The fraction of sp³-hybridized carbons (Fsp3) is 0.455. The summed E-state index contributed by atoms with van der Waals surface area (Å²) in [7, 11) is 1.99. The van der Waals surface area contributed by atoms with Gasteiger partial charge in [0, 0.05) is 11.1 Å². The van der Waals surface area contributed by atoms with Crippen LogP contribution in [0.4, 0.5) is 0 Å². The van der Waals surface area contributed by atoms with E-state index in [1.54, 1.807) is 0 Å². The first-order chi connectivity index (χ1) is 6.15. The Kier molecular flexibility index (Phi) is 3.76. The Hall–Kier alpha value is -0.530. The van der Waals surface area contributed by atoms with Crippen LogP contribution < -0.4 is 5.32 Å².